The average Bonchev–Trinajstić information content (AvgIpc) is 2.70. The second kappa shape index (κ2) is 8.80. The van der Waals surface area contributed by atoms with E-state index in [1.54, 1.807) is 38.2 Å². The number of para-hydroxylation sites is 1. The Morgan fingerprint density at radius 3 is 2.50 bits per heavy atom. The highest BCUT2D eigenvalue weighted by Gasteiger charge is 2.35. The van der Waals surface area contributed by atoms with Crippen molar-refractivity contribution in [3.05, 3.63) is 76.5 Å². The topological polar surface area (TPSA) is 67.9 Å². The molecule has 0 aromatic heterocycles. The van der Waals surface area contributed by atoms with Crippen LogP contribution in [0.5, 0.6) is 5.75 Å². The van der Waals surface area contributed by atoms with Crippen molar-refractivity contribution in [3.8, 4) is 5.75 Å². The molecule has 0 spiro atoms. The molecule has 1 N–H and O–H groups in total. The van der Waals surface area contributed by atoms with Crippen LogP contribution < -0.4 is 10.1 Å². The number of urea groups is 1. The summed E-state index contributed by atoms with van der Waals surface area (Å²) in [5, 5.41) is 3.27. The van der Waals surface area contributed by atoms with Gasteiger partial charge < -0.3 is 19.7 Å². The van der Waals surface area contributed by atoms with Gasteiger partial charge in [0.1, 0.15) is 19.0 Å². The van der Waals surface area contributed by atoms with Crippen LogP contribution in [0.4, 0.5) is 4.79 Å². The molecule has 2 aromatic rings. The molecule has 0 unspecified atom stereocenters. The second-order valence-corrected chi connectivity index (χ2v) is 6.67. The maximum Gasteiger partial charge on any atom is 0.338 e. The lowest BCUT2D eigenvalue weighted by atomic mass is 9.95. The molecule has 6 nitrogen and oxygen atoms in total. The Morgan fingerprint density at radius 1 is 1.11 bits per heavy atom. The van der Waals surface area contributed by atoms with Crippen molar-refractivity contribution in [1.29, 1.82) is 0 Å². The van der Waals surface area contributed by atoms with Crippen molar-refractivity contribution >= 4 is 23.6 Å². The molecule has 1 aliphatic heterocycles. The average molecular weight is 401 g/mol. The van der Waals surface area contributed by atoms with E-state index in [2.05, 4.69) is 5.32 Å². The molecule has 146 valence electrons. The molecule has 0 saturated carbocycles. The van der Waals surface area contributed by atoms with Crippen LogP contribution in [-0.4, -0.2) is 37.2 Å². The van der Waals surface area contributed by atoms with Crippen LogP contribution in [-0.2, 0) is 9.53 Å². The van der Waals surface area contributed by atoms with Crippen molar-refractivity contribution in [1.82, 2.24) is 10.2 Å². The molecule has 28 heavy (non-hydrogen) atoms. The van der Waals surface area contributed by atoms with E-state index in [4.69, 9.17) is 21.1 Å². The molecule has 0 radical (unpaired) electrons. The Balaban J connectivity index is 1.74. The second-order valence-electron chi connectivity index (χ2n) is 6.26. The highest BCUT2D eigenvalue weighted by Crippen LogP contribution is 2.34. The van der Waals surface area contributed by atoms with Crippen molar-refractivity contribution in [3.63, 3.8) is 0 Å². The fourth-order valence-electron chi connectivity index (χ4n) is 2.93. The zero-order chi connectivity index (χ0) is 20.1. The van der Waals surface area contributed by atoms with E-state index in [1.165, 1.54) is 4.90 Å². The third-order valence-corrected chi connectivity index (χ3v) is 4.86. The fraction of sp³-hybridized carbons (Fsp3) is 0.238. The first kappa shape index (κ1) is 19.8. The van der Waals surface area contributed by atoms with E-state index in [-0.39, 0.29) is 19.2 Å². The molecule has 0 aliphatic carbocycles. The van der Waals surface area contributed by atoms with E-state index in [0.717, 1.165) is 0 Å². The predicted molar refractivity (Wildman–Crippen MR) is 106 cm³/mol. The number of carbonyl (C=O) groups excluding carboxylic acids is 2. The molecule has 1 atom stereocenters. The Morgan fingerprint density at radius 2 is 1.79 bits per heavy atom. The van der Waals surface area contributed by atoms with E-state index >= 15 is 0 Å². The fourth-order valence-corrected chi connectivity index (χ4v) is 3.18. The zero-order valence-corrected chi connectivity index (χ0v) is 16.4. The summed E-state index contributed by atoms with van der Waals surface area (Å²) in [4.78, 5) is 26.4. The number of nitrogens with one attached hydrogen (secondary N) is 1. The van der Waals surface area contributed by atoms with Crippen molar-refractivity contribution in [2.75, 3.05) is 20.3 Å². The van der Waals surface area contributed by atoms with E-state index in [1.807, 2.05) is 30.3 Å². The number of hydrogen-bond acceptors (Lipinski definition) is 4. The van der Waals surface area contributed by atoms with Gasteiger partial charge in [-0.2, -0.15) is 0 Å². The number of allylic oxidation sites excluding steroid dienone is 1. The van der Waals surface area contributed by atoms with Crippen molar-refractivity contribution in [2.24, 2.45) is 0 Å². The van der Waals surface area contributed by atoms with Gasteiger partial charge in [0, 0.05) is 17.8 Å². The van der Waals surface area contributed by atoms with E-state index < -0.39 is 12.0 Å². The molecule has 1 heterocycles. The SMILES string of the molecule is CC1=C(C(=O)OCCOc2ccccc2)[C@@H](c2ccccc2Cl)NC(=O)N1C. The van der Waals surface area contributed by atoms with Gasteiger partial charge in [-0.3, -0.25) is 0 Å². The summed E-state index contributed by atoms with van der Waals surface area (Å²) in [6, 6.07) is 15.4. The summed E-state index contributed by atoms with van der Waals surface area (Å²) in [5.74, 6) is 0.179. The first-order valence-electron chi connectivity index (χ1n) is 8.83. The maximum absolute atomic E-state index is 12.8. The smallest absolute Gasteiger partial charge is 0.338 e. The summed E-state index contributed by atoms with van der Waals surface area (Å²) in [7, 11) is 1.60. The van der Waals surface area contributed by atoms with Gasteiger partial charge in [-0.05, 0) is 30.7 Å². The monoisotopic (exact) mass is 400 g/mol. The van der Waals surface area contributed by atoms with Crippen LogP contribution in [0.25, 0.3) is 0 Å². The van der Waals surface area contributed by atoms with Gasteiger partial charge >= 0.3 is 12.0 Å². The molecule has 7 heteroatoms. The van der Waals surface area contributed by atoms with Crippen LogP contribution in [0.3, 0.4) is 0 Å². The third-order valence-electron chi connectivity index (χ3n) is 4.52. The third kappa shape index (κ3) is 4.28. The number of nitrogens with zero attached hydrogens (tertiary/aromatic N) is 1. The van der Waals surface area contributed by atoms with Gasteiger partial charge in [-0.1, -0.05) is 48.0 Å². The van der Waals surface area contributed by atoms with E-state index in [0.29, 0.717) is 27.6 Å². The van der Waals surface area contributed by atoms with Crippen molar-refractivity contribution < 1.29 is 19.1 Å². The minimum atomic E-state index is -0.681. The van der Waals surface area contributed by atoms with E-state index in [9.17, 15) is 9.59 Å². The summed E-state index contributed by atoms with van der Waals surface area (Å²) in [6.07, 6.45) is 0. The van der Waals surface area contributed by atoms with Gasteiger partial charge in [0.05, 0.1) is 11.6 Å². The van der Waals surface area contributed by atoms with Crippen LogP contribution >= 0.6 is 11.6 Å². The Labute approximate surface area is 168 Å². The number of amides is 2. The highest BCUT2D eigenvalue weighted by molar-refractivity contribution is 6.31. The standard InChI is InChI=1S/C21H21ClN2O4/c1-14-18(20(25)28-13-12-27-15-8-4-3-5-9-15)19(23-21(26)24(14)2)16-10-6-7-11-17(16)22/h3-11,19H,12-13H2,1-2H3,(H,23,26)/t19-/m1/s1. The molecule has 0 saturated heterocycles. The minimum absolute atomic E-state index is 0.0808. The lowest BCUT2D eigenvalue weighted by Gasteiger charge is -2.33. The summed E-state index contributed by atoms with van der Waals surface area (Å²) >= 11 is 6.29. The number of carbonyl (C=O) groups is 2. The molecular formula is C21H21ClN2O4. The number of hydrogen-bond donors (Lipinski definition) is 1. The number of rotatable bonds is 6. The molecule has 2 aromatic carbocycles. The molecule has 3 rings (SSSR count). The molecular weight excluding hydrogens is 380 g/mol. The summed E-state index contributed by atoms with van der Waals surface area (Å²) in [6.45, 7) is 2.01. The molecule has 2 amide bonds. The Bertz CT molecular complexity index is 898. The highest BCUT2D eigenvalue weighted by atomic mass is 35.5. The first-order valence-corrected chi connectivity index (χ1v) is 9.21. The Kier molecular flexibility index (Phi) is 6.21. The largest absolute Gasteiger partial charge is 0.490 e. The Hall–Kier alpha value is -2.99. The molecule has 0 fully saturated rings. The van der Waals surface area contributed by atoms with Gasteiger partial charge in [-0.15, -0.1) is 0 Å². The summed E-state index contributed by atoms with van der Waals surface area (Å²) < 4.78 is 11.0. The molecule has 1 aliphatic rings. The van der Waals surface area contributed by atoms with Crippen LogP contribution in [0.2, 0.25) is 5.02 Å². The number of ether oxygens (including phenoxy) is 2. The zero-order valence-electron chi connectivity index (χ0n) is 15.6. The van der Waals surface area contributed by atoms with Gasteiger partial charge in [0.2, 0.25) is 0 Å². The van der Waals surface area contributed by atoms with Gasteiger partial charge in [0.25, 0.3) is 0 Å². The van der Waals surface area contributed by atoms with Gasteiger partial charge in [0.15, 0.2) is 0 Å². The number of halogens is 1. The quantitative estimate of drug-likeness (QED) is 0.589. The maximum atomic E-state index is 12.8. The normalized spacial score (nSPS) is 16.6. The lowest BCUT2D eigenvalue weighted by molar-refractivity contribution is -0.140. The lowest BCUT2D eigenvalue weighted by Crippen LogP contribution is -2.46. The van der Waals surface area contributed by atoms with Gasteiger partial charge in [-0.25, -0.2) is 9.59 Å². The number of benzene rings is 2. The van der Waals surface area contributed by atoms with Crippen molar-refractivity contribution in [2.45, 2.75) is 13.0 Å². The first-order chi connectivity index (χ1) is 13.5. The molecule has 0 bridgehead atoms. The number of esters is 1. The minimum Gasteiger partial charge on any atom is -0.490 e. The van der Waals surface area contributed by atoms with Crippen LogP contribution in [0, 0.1) is 0 Å². The predicted octanol–water partition coefficient (Wildman–Crippen LogP) is 3.93. The van der Waals surface area contributed by atoms with Crippen LogP contribution in [0.1, 0.15) is 18.5 Å². The van der Waals surface area contributed by atoms with Crippen LogP contribution in [0.15, 0.2) is 65.9 Å². The summed E-state index contributed by atoms with van der Waals surface area (Å²) in [5.41, 5.74) is 1.50.